The zero-order valence-electron chi connectivity index (χ0n) is 20.3. The van der Waals surface area contributed by atoms with Crippen molar-refractivity contribution in [1.82, 2.24) is 0 Å². The fourth-order valence-electron chi connectivity index (χ4n) is 4.10. The molecule has 1 aliphatic rings. The van der Waals surface area contributed by atoms with Crippen LogP contribution < -0.4 is 0 Å². The van der Waals surface area contributed by atoms with E-state index in [1.807, 2.05) is 91.0 Å². The van der Waals surface area contributed by atoms with Gasteiger partial charge < -0.3 is 28.8 Å². The molecular formula is C29H32O7. The summed E-state index contributed by atoms with van der Waals surface area (Å²) in [5.41, 5.74) is 2.90. The second kappa shape index (κ2) is 13.3. The van der Waals surface area contributed by atoms with Crippen LogP contribution in [-0.4, -0.2) is 48.4 Å². The van der Waals surface area contributed by atoms with Crippen LogP contribution in [0, 0.1) is 0 Å². The Morgan fingerprint density at radius 3 is 1.56 bits per heavy atom. The third kappa shape index (κ3) is 7.46. The Labute approximate surface area is 211 Å². The van der Waals surface area contributed by atoms with E-state index in [1.165, 1.54) is 6.92 Å². The van der Waals surface area contributed by atoms with Crippen LogP contribution in [0.1, 0.15) is 23.6 Å². The predicted molar refractivity (Wildman–Crippen MR) is 133 cm³/mol. The molecule has 0 spiro atoms. The highest BCUT2D eigenvalue weighted by molar-refractivity contribution is 5.65. The van der Waals surface area contributed by atoms with E-state index in [4.69, 9.17) is 23.7 Å². The molecule has 0 saturated carbocycles. The van der Waals surface area contributed by atoms with Crippen molar-refractivity contribution in [2.75, 3.05) is 6.61 Å². The molecule has 3 aromatic carbocycles. The van der Waals surface area contributed by atoms with Crippen LogP contribution >= 0.6 is 0 Å². The molecular weight excluding hydrogens is 460 g/mol. The molecule has 1 aliphatic heterocycles. The fourth-order valence-corrected chi connectivity index (χ4v) is 4.10. The number of rotatable bonds is 11. The molecule has 0 unspecified atom stereocenters. The van der Waals surface area contributed by atoms with Crippen LogP contribution in [0.15, 0.2) is 91.0 Å². The van der Waals surface area contributed by atoms with Gasteiger partial charge in [-0.2, -0.15) is 0 Å². The highest BCUT2D eigenvalue weighted by atomic mass is 16.7. The number of carbonyl (C=O) groups excluding carboxylic acids is 1. The minimum atomic E-state index is -1.30. The van der Waals surface area contributed by atoms with E-state index in [-0.39, 0.29) is 26.4 Å². The first-order valence-electron chi connectivity index (χ1n) is 12.0. The Kier molecular flexibility index (Phi) is 9.61. The molecule has 190 valence electrons. The first-order valence-corrected chi connectivity index (χ1v) is 12.0. The van der Waals surface area contributed by atoms with Crippen molar-refractivity contribution in [1.29, 1.82) is 0 Å². The number of hydrogen-bond donors (Lipinski definition) is 1. The minimum absolute atomic E-state index is 0.0809. The molecule has 0 radical (unpaired) electrons. The molecule has 5 atom stereocenters. The summed E-state index contributed by atoms with van der Waals surface area (Å²) >= 11 is 0. The summed E-state index contributed by atoms with van der Waals surface area (Å²) in [5.74, 6) is -0.445. The third-order valence-electron chi connectivity index (χ3n) is 5.92. The third-order valence-corrected chi connectivity index (χ3v) is 5.92. The fraction of sp³-hybridized carbons (Fsp3) is 0.345. The topological polar surface area (TPSA) is 83.5 Å². The molecule has 1 saturated heterocycles. The quantitative estimate of drug-likeness (QED) is 0.405. The van der Waals surface area contributed by atoms with Crippen LogP contribution in [0.3, 0.4) is 0 Å². The Morgan fingerprint density at radius 2 is 1.11 bits per heavy atom. The van der Waals surface area contributed by atoms with Crippen molar-refractivity contribution < 1.29 is 33.6 Å². The summed E-state index contributed by atoms with van der Waals surface area (Å²) in [6.45, 7) is 2.08. The van der Waals surface area contributed by atoms with E-state index < -0.39 is 36.7 Å². The van der Waals surface area contributed by atoms with Crippen molar-refractivity contribution in [2.24, 2.45) is 0 Å². The predicted octanol–water partition coefficient (Wildman–Crippen LogP) is 4.02. The zero-order valence-corrected chi connectivity index (χ0v) is 20.3. The summed E-state index contributed by atoms with van der Waals surface area (Å²) in [4.78, 5) is 11.5. The second-order valence-electron chi connectivity index (χ2n) is 8.65. The lowest BCUT2D eigenvalue weighted by atomic mass is 9.98. The lowest BCUT2D eigenvalue weighted by Crippen LogP contribution is -2.61. The first-order chi connectivity index (χ1) is 17.6. The van der Waals surface area contributed by atoms with Gasteiger partial charge in [-0.1, -0.05) is 91.0 Å². The van der Waals surface area contributed by atoms with Gasteiger partial charge in [-0.15, -0.1) is 0 Å². The van der Waals surface area contributed by atoms with E-state index >= 15 is 0 Å². The monoisotopic (exact) mass is 492 g/mol. The summed E-state index contributed by atoms with van der Waals surface area (Å²) < 4.78 is 29.9. The number of ether oxygens (including phenoxy) is 5. The van der Waals surface area contributed by atoms with Gasteiger partial charge in [0, 0.05) is 6.92 Å². The molecule has 7 nitrogen and oxygen atoms in total. The molecule has 4 rings (SSSR count). The van der Waals surface area contributed by atoms with E-state index in [2.05, 4.69) is 0 Å². The van der Waals surface area contributed by atoms with E-state index in [0.29, 0.717) is 0 Å². The SMILES string of the molecule is CC(=O)OC[C@H]1O[C@H](O)[C@@H](OCc2ccccc2)[C@@H](OCc2ccccc2)[C@@H]1OCc1ccccc1. The largest absolute Gasteiger partial charge is 0.463 e. The molecule has 0 bridgehead atoms. The van der Waals surface area contributed by atoms with Gasteiger partial charge in [0.15, 0.2) is 6.29 Å². The Balaban J connectivity index is 1.57. The smallest absolute Gasteiger partial charge is 0.302 e. The highest BCUT2D eigenvalue weighted by Crippen LogP contribution is 2.30. The van der Waals surface area contributed by atoms with Gasteiger partial charge in [0.05, 0.1) is 19.8 Å². The molecule has 1 N–H and O–H groups in total. The summed E-state index contributed by atoms with van der Waals surface area (Å²) in [6.07, 6.45) is -4.24. The summed E-state index contributed by atoms with van der Waals surface area (Å²) in [6, 6.07) is 29.2. The van der Waals surface area contributed by atoms with Crippen molar-refractivity contribution in [3.05, 3.63) is 108 Å². The zero-order chi connectivity index (χ0) is 25.2. The normalized spacial score (nSPS) is 23.8. The number of hydrogen-bond acceptors (Lipinski definition) is 7. The number of aliphatic hydroxyl groups is 1. The lowest BCUT2D eigenvalue weighted by Gasteiger charge is -2.44. The maximum absolute atomic E-state index is 11.5. The van der Waals surface area contributed by atoms with Crippen LogP contribution in [0.25, 0.3) is 0 Å². The second-order valence-corrected chi connectivity index (χ2v) is 8.65. The standard InChI is InChI=1S/C29H32O7/c1-21(30)32-20-25-26(33-17-22-11-5-2-6-12-22)27(34-18-23-13-7-3-8-14-23)28(29(31)36-25)35-19-24-15-9-4-10-16-24/h2-16,25-29,31H,17-20H2,1H3/t25-,26-,27+,28+,29+/m1/s1. The molecule has 1 fully saturated rings. The Bertz CT molecular complexity index is 1040. The Morgan fingerprint density at radius 1 is 0.694 bits per heavy atom. The van der Waals surface area contributed by atoms with Crippen molar-refractivity contribution in [3.8, 4) is 0 Å². The molecule has 36 heavy (non-hydrogen) atoms. The minimum Gasteiger partial charge on any atom is -0.463 e. The Hall–Kier alpha value is -3.07. The molecule has 0 aromatic heterocycles. The summed E-state index contributed by atoms with van der Waals surface area (Å²) in [5, 5.41) is 10.9. The van der Waals surface area contributed by atoms with Crippen molar-refractivity contribution >= 4 is 5.97 Å². The van der Waals surface area contributed by atoms with E-state index in [0.717, 1.165) is 16.7 Å². The highest BCUT2D eigenvalue weighted by Gasteiger charge is 2.48. The van der Waals surface area contributed by atoms with Gasteiger partial charge in [0.25, 0.3) is 0 Å². The average molecular weight is 493 g/mol. The summed E-state index contributed by atoms with van der Waals surface area (Å²) in [7, 11) is 0. The number of aliphatic hydroxyl groups excluding tert-OH is 1. The van der Waals surface area contributed by atoms with Crippen LogP contribution in [0.4, 0.5) is 0 Å². The van der Waals surface area contributed by atoms with Crippen molar-refractivity contribution in [2.45, 2.75) is 57.5 Å². The van der Waals surface area contributed by atoms with Crippen LogP contribution in [0.5, 0.6) is 0 Å². The molecule has 3 aromatic rings. The molecule has 0 aliphatic carbocycles. The number of carbonyl (C=O) groups is 1. The number of benzene rings is 3. The molecule has 1 heterocycles. The van der Waals surface area contributed by atoms with Crippen LogP contribution in [0.2, 0.25) is 0 Å². The van der Waals surface area contributed by atoms with Gasteiger partial charge in [0.1, 0.15) is 31.0 Å². The van der Waals surface area contributed by atoms with Gasteiger partial charge in [-0.3, -0.25) is 4.79 Å². The molecule has 7 heteroatoms. The van der Waals surface area contributed by atoms with Gasteiger partial charge >= 0.3 is 5.97 Å². The van der Waals surface area contributed by atoms with Gasteiger partial charge in [-0.05, 0) is 16.7 Å². The maximum Gasteiger partial charge on any atom is 0.302 e. The van der Waals surface area contributed by atoms with Gasteiger partial charge in [0.2, 0.25) is 0 Å². The number of esters is 1. The van der Waals surface area contributed by atoms with Crippen LogP contribution in [-0.2, 0) is 48.3 Å². The lowest BCUT2D eigenvalue weighted by molar-refractivity contribution is -0.315. The van der Waals surface area contributed by atoms with Crippen molar-refractivity contribution in [3.63, 3.8) is 0 Å². The van der Waals surface area contributed by atoms with E-state index in [1.54, 1.807) is 0 Å². The van der Waals surface area contributed by atoms with Gasteiger partial charge in [-0.25, -0.2) is 0 Å². The van der Waals surface area contributed by atoms with E-state index in [9.17, 15) is 9.90 Å². The average Bonchev–Trinajstić information content (AvgIpc) is 2.91. The first kappa shape index (κ1) is 26.0. The maximum atomic E-state index is 11.5. The molecule has 0 amide bonds.